The second kappa shape index (κ2) is 4.71. The lowest BCUT2D eigenvalue weighted by Crippen LogP contribution is -2.17. The molecule has 4 nitrogen and oxygen atoms in total. The van der Waals surface area contributed by atoms with Crippen molar-refractivity contribution in [1.29, 1.82) is 0 Å². The van der Waals surface area contributed by atoms with Gasteiger partial charge in [-0.3, -0.25) is 4.79 Å². The number of fused-ring (bicyclic) bond motifs is 1. The van der Waals surface area contributed by atoms with E-state index in [0.717, 1.165) is 13.0 Å². The summed E-state index contributed by atoms with van der Waals surface area (Å²) in [6.45, 7) is 2.05. The van der Waals surface area contributed by atoms with Crippen molar-refractivity contribution in [3.63, 3.8) is 0 Å². The van der Waals surface area contributed by atoms with Crippen LogP contribution in [-0.2, 0) is 22.6 Å². The minimum atomic E-state index is -0.698. The van der Waals surface area contributed by atoms with Gasteiger partial charge in [0.05, 0.1) is 19.1 Å². The summed E-state index contributed by atoms with van der Waals surface area (Å²) in [6, 6.07) is 6.59. The largest absolute Gasteiger partial charge is 0.481 e. The van der Waals surface area contributed by atoms with Crippen molar-refractivity contribution < 1.29 is 14.6 Å². The SMILES string of the molecule is O=C(O)C1CNC(c2ccc3c(c2)CCOC3)C1. The maximum atomic E-state index is 11.0. The van der Waals surface area contributed by atoms with Gasteiger partial charge in [0, 0.05) is 12.6 Å². The number of hydrogen-bond acceptors (Lipinski definition) is 3. The lowest BCUT2D eigenvalue weighted by atomic mass is 9.94. The molecular weight excluding hydrogens is 230 g/mol. The zero-order valence-electron chi connectivity index (χ0n) is 10.2. The molecule has 0 amide bonds. The number of carbonyl (C=O) groups is 1. The van der Waals surface area contributed by atoms with Gasteiger partial charge in [-0.1, -0.05) is 18.2 Å². The van der Waals surface area contributed by atoms with Crippen LogP contribution in [0.3, 0.4) is 0 Å². The first-order valence-electron chi connectivity index (χ1n) is 6.39. The van der Waals surface area contributed by atoms with Gasteiger partial charge in [-0.05, 0) is 29.5 Å². The minimum absolute atomic E-state index is 0.180. The van der Waals surface area contributed by atoms with Crippen molar-refractivity contribution in [1.82, 2.24) is 5.32 Å². The van der Waals surface area contributed by atoms with Gasteiger partial charge in [0.2, 0.25) is 0 Å². The monoisotopic (exact) mass is 247 g/mol. The third-order valence-electron chi connectivity index (χ3n) is 3.89. The summed E-state index contributed by atoms with van der Waals surface area (Å²) in [6.07, 6.45) is 1.64. The Bertz CT molecular complexity index is 472. The van der Waals surface area contributed by atoms with E-state index in [-0.39, 0.29) is 12.0 Å². The van der Waals surface area contributed by atoms with E-state index in [9.17, 15) is 4.79 Å². The van der Waals surface area contributed by atoms with Crippen molar-refractivity contribution in [2.75, 3.05) is 13.2 Å². The molecular formula is C14H17NO3. The summed E-state index contributed by atoms with van der Waals surface area (Å²) in [5.41, 5.74) is 3.82. The number of rotatable bonds is 2. The van der Waals surface area contributed by atoms with E-state index in [0.29, 0.717) is 19.6 Å². The number of aliphatic carboxylic acids is 1. The molecule has 4 heteroatoms. The molecule has 2 heterocycles. The molecule has 1 fully saturated rings. The lowest BCUT2D eigenvalue weighted by molar-refractivity contribution is -0.141. The summed E-state index contributed by atoms with van der Waals surface area (Å²) in [5, 5.41) is 12.3. The fourth-order valence-electron chi connectivity index (χ4n) is 2.78. The lowest BCUT2D eigenvalue weighted by Gasteiger charge is -2.19. The van der Waals surface area contributed by atoms with E-state index in [4.69, 9.17) is 9.84 Å². The molecule has 0 radical (unpaired) electrons. The summed E-state index contributed by atoms with van der Waals surface area (Å²) in [7, 11) is 0. The molecule has 3 rings (SSSR count). The van der Waals surface area contributed by atoms with Crippen molar-refractivity contribution in [3.05, 3.63) is 34.9 Å². The van der Waals surface area contributed by atoms with Gasteiger partial charge in [0.25, 0.3) is 0 Å². The van der Waals surface area contributed by atoms with Gasteiger partial charge < -0.3 is 15.2 Å². The van der Waals surface area contributed by atoms with E-state index in [2.05, 4.69) is 23.5 Å². The Morgan fingerprint density at radius 1 is 1.39 bits per heavy atom. The predicted molar refractivity (Wildman–Crippen MR) is 66.3 cm³/mol. The summed E-state index contributed by atoms with van der Waals surface area (Å²) < 4.78 is 5.42. The van der Waals surface area contributed by atoms with Gasteiger partial charge in [0.15, 0.2) is 0 Å². The number of carboxylic acid groups (broad SMARTS) is 1. The maximum Gasteiger partial charge on any atom is 0.307 e. The van der Waals surface area contributed by atoms with Crippen LogP contribution >= 0.6 is 0 Å². The van der Waals surface area contributed by atoms with Gasteiger partial charge in [-0.15, -0.1) is 0 Å². The molecule has 2 atom stereocenters. The van der Waals surface area contributed by atoms with Gasteiger partial charge in [-0.2, -0.15) is 0 Å². The fourth-order valence-corrected chi connectivity index (χ4v) is 2.78. The molecule has 96 valence electrons. The highest BCUT2D eigenvalue weighted by atomic mass is 16.5. The Labute approximate surface area is 106 Å². The number of nitrogens with one attached hydrogen (secondary N) is 1. The summed E-state index contributed by atoms with van der Waals surface area (Å²) in [4.78, 5) is 11.0. The zero-order valence-corrected chi connectivity index (χ0v) is 10.2. The van der Waals surface area contributed by atoms with Crippen LogP contribution in [0, 0.1) is 5.92 Å². The number of hydrogen-bond donors (Lipinski definition) is 2. The first kappa shape index (κ1) is 11.7. The van der Waals surface area contributed by atoms with E-state index in [1.54, 1.807) is 0 Å². The van der Waals surface area contributed by atoms with E-state index in [1.165, 1.54) is 16.7 Å². The Hall–Kier alpha value is -1.39. The van der Waals surface area contributed by atoms with Crippen LogP contribution in [0.4, 0.5) is 0 Å². The Balaban J connectivity index is 1.79. The summed E-state index contributed by atoms with van der Waals surface area (Å²) >= 11 is 0. The second-order valence-electron chi connectivity index (χ2n) is 5.06. The van der Waals surface area contributed by atoms with Crippen LogP contribution < -0.4 is 5.32 Å². The molecule has 0 bridgehead atoms. The van der Waals surface area contributed by atoms with Crippen LogP contribution in [0.25, 0.3) is 0 Å². The second-order valence-corrected chi connectivity index (χ2v) is 5.06. The average molecular weight is 247 g/mol. The molecule has 2 aliphatic rings. The normalized spacial score (nSPS) is 26.9. The molecule has 2 N–H and O–H groups in total. The molecule has 0 aromatic heterocycles. The average Bonchev–Trinajstić information content (AvgIpc) is 2.88. The van der Waals surface area contributed by atoms with Crippen LogP contribution in [0.2, 0.25) is 0 Å². The molecule has 2 unspecified atom stereocenters. The van der Waals surface area contributed by atoms with E-state index >= 15 is 0 Å². The molecule has 0 aliphatic carbocycles. The van der Waals surface area contributed by atoms with Gasteiger partial charge in [-0.25, -0.2) is 0 Å². The number of ether oxygens (including phenoxy) is 1. The Morgan fingerprint density at radius 2 is 2.28 bits per heavy atom. The van der Waals surface area contributed by atoms with Crippen molar-refractivity contribution in [2.24, 2.45) is 5.92 Å². The first-order valence-corrected chi connectivity index (χ1v) is 6.39. The highest BCUT2D eigenvalue weighted by Gasteiger charge is 2.30. The fraction of sp³-hybridized carbons (Fsp3) is 0.500. The van der Waals surface area contributed by atoms with E-state index < -0.39 is 5.97 Å². The van der Waals surface area contributed by atoms with E-state index in [1.807, 2.05) is 0 Å². The molecule has 1 aromatic carbocycles. The van der Waals surface area contributed by atoms with Crippen LogP contribution in [0.15, 0.2) is 18.2 Å². The van der Waals surface area contributed by atoms with Crippen molar-refractivity contribution >= 4 is 5.97 Å². The van der Waals surface area contributed by atoms with Crippen molar-refractivity contribution in [2.45, 2.75) is 25.5 Å². The third-order valence-corrected chi connectivity index (χ3v) is 3.89. The molecule has 2 aliphatic heterocycles. The zero-order chi connectivity index (χ0) is 12.5. The van der Waals surface area contributed by atoms with Gasteiger partial charge in [0.1, 0.15) is 0 Å². The minimum Gasteiger partial charge on any atom is -0.481 e. The number of benzene rings is 1. The Kier molecular flexibility index (Phi) is 3.06. The molecule has 18 heavy (non-hydrogen) atoms. The molecule has 1 saturated heterocycles. The highest BCUT2D eigenvalue weighted by molar-refractivity contribution is 5.70. The smallest absolute Gasteiger partial charge is 0.307 e. The summed E-state index contributed by atoms with van der Waals surface area (Å²) in [5.74, 6) is -0.953. The van der Waals surface area contributed by atoms with Crippen molar-refractivity contribution in [3.8, 4) is 0 Å². The first-order chi connectivity index (χ1) is 8.74. The topological polar surface area (TPSA) is 58.6 Å². The molecule has 0 saturated carbocycles. The maximum absolute atomic E-state index is 11.0. The van der Waals surface area contributed by atoms with Crippen LogP contribution in [0.1, 0.15) is 29.2 Å². The molecule has 0 spiro atoms. The van der Waals surface area contributed by atoms with Crippen LogP contribution in [0.5, 0.6) is 0 Å². The van der Waals surface area contributed by atoms with Gasteiger partial charge >= 0.3 is 5.97 Å². The quantitative estimate of drug-likeness (QED) is 0.831. The third kappa shape index (κ3) is 2.13. The highest BCUT2D eigenvalue weighted by Crippen LogP contribution is 2.29. The number of carboxylic acids is 1. The standard InChI is InChI=1S/C14H17NO3/c16-14(17)12-6-13(15-7-12)10-1-2-11-8-18-4-3-9(11)5-10/h1-2,5,12-13,15H,3-4,6-8H2,(H,16,17). The van der Waals surface area contributed by atoms with Crippen LogP contribution in [-0.4, -0.2) is 24.2 Å². The predicted octanol–water partition coefficient (Wildman–Crippen LogP) is 1.49. The Morgan fingerprint density at radius 3 is 3.06 bits per heavy atom. The molecule has 1 aromatic rings.